The van der Waals surface area contributed by atoms with Crippen LogP contribution in [0.5, 0.6) is 0 Å². The van der Waals surface area contributed by atoms with E-state index in [1.807, 2.05) is 30.3 Å². The molecule has 48 heavy (non-hydrogen) atoms. The van der Waals surface area contributed by atoms with Crippen LogP contribution in [0.3, 0.4) is 0 Å². The SMILES string of the molecule is CNC(=O)O[C@H]1CCC[C@@H]1[C@@](Cn1cnnc1CC(F)(F)F)(c1cccc(F)c1)C1CCN(CC2CN(c3ccc(C#N)cc3)C2)CC1. The fraction of sp³-hybridized carbons (Fsp3) is 0.543. The van der Waals surface area contributed by atoms with E-state index in [0.29, 0.717) is 29.9 Å². The zero-order valence-electron chi connectivity index (χ0n) is 27.0. The Kier molecular flexibility index (Phi) is 9.92. The number of likely N-dealkylation sites (tertiary alicyclic amines) is 1. The summed E-state index contributed by atoms with van der Waals surface area (Å²) < 4.78 is 63.3. The Labute approximate surface area is 277 Å². The Morgan fingerprint density at radius 2 is 1.83 bits per heavy atom. The highest BCUT2D eigenvalue weighted by Crippen LogP contribution is 2.52. The van der Waals surface area contributed by atoms with Crippen molar-refractivity contribution in [3.8, 4) is 6.07 Å². The molecule has 0 unspecified atom stereocenters. The van der Waals surface area contributed by atoms with Crippen LogP contribution in [-0.4, -0.2) is 77.8 Å². The summed E-state index contributed by atoms with van der Waals surface area (Å²) in [6.45, 7) is 4.48. The second-order valence-corrected chi connectivity index (χ2v) is 13.5. The van der Waals surface area contributed by atoms with Gasteiger partial charge in [0.15, 0.2) is 0 Å². The van der Waals surface area contributed by atoms with Crippen molar-refractivity contribution in [2.45, 2.75) is 62.8 Å². The number of hydrogen-bond acceptors (Lipinski definition) is 7. The number of rotatable bonds is 10. The van der Waals surface area contributed by atoms with Gasteiger partial charge < -0.3 is 24.4 Å². The summed E-state index contributed by atoms with van der Waals surface area (Å²) in [7, 11) is 1.49. The first-order chi connectivity index (χ1) is 23.1. The molecule has 13 heteroatoms. The smallest absolute Gasteiger partial charge is 0.407 e. The van der Waals surface area contributed by atoms with Crippen LogP contribution in [0.2, 0.25) is 0 Å². The number of benzene rings is 2. The zero-order valence-corrected chi connectivity index (χ0v) is 27.0. The summed E-state index contributed by atoms with van der Waals surface area (Å²) in [5, 5.41) is 19.3. The highest BCUT2D eigenvalue weighted by molar-refractivity contribution is 5.67. The number of nitrogens with one attached hydrogen (secondary N) is 1. The lowest BCUT2D eigenvalue weighted by atomic mass is 9.58. The molecule has 0 bridgehead atoms. The van der Waals surface area contributed by atoms with E-state index in [-0.39, 0.29) is 24.2 Å². The van der Waals surface area contributed by atoms with E-state index in [9.17, 15) is 18.0 Å². The minimum Gasteiger partial charge on any atom is -0.446 e. The van der Waals surface area contributed by atoms with Gasteiger partial charge in [-0.25, -0.2) is 9.18 Å². The quantitative estimate of drug-likeness (QED) is 0.277. The van der Waals surface area contributed by atoms with Gasteiger partial charge in [0, 0.05) is 56.2 Å². The van der Waals surface area contributed by atoms with E-state index in [0.717, 1.165) is 57.7 Å². The summed E-state index contributed by atoms with van der Waals surface area (Å²) in [6.07, 6.45) is -1.84. The van der Waals surface area contributed by atoms with Gasteiger partial charge in [-0.05, 0) is 93.1 Å². The number of ether oxygens (including phenoxy) is 1. The molecule has 1 aromatic heterocycles. The molecule has 3 fully saturated rings. The molecular weight excluding hydrogens is 626 g/mol. The van der Waals surface area contributed by atoms with Gasteiger partial charge in [0.2, 0.25) is 0 Å². The van der Waals surface area contributed by atoms with Crippen molar-refractivity contribution >= 4 is 11.8 Å². The molecule has 1 amide bonds. The third-order valence-corrected chi connectivity index (χ3v) is 10.6. The predicted molar refractivity (Wildman–Crippen MR) is 171 cm³/mol. The normalized spacial score (nSPS) is 22.1. The Bertz CT molecular complexity index is 1590. The Balaban J connectivity index is 1.26. The third-order valence-electron chi connectivity index (χ3n) is 10.6. The van der Waals surface area contributed by atoms with E-state index in [1.54, 1.807) is 6.07 Å². The largest absolute Gasteiger partial charge is 0.446 e. The van der Waals surface area contributed by atoms with Gasteiger partial charge >= 0.3 is 12.3 Å². The van der Waals surface area contributed by atoms with Crippen molar-refractivity contribution in [1.82, 2.24) is 25.0 Å². The fourth-order valence-corrected chi connectivity index (χ4v) is 8.37. The molecule has 2 aromatic carbocycles. The molecular formula is C35H41F4N7O2. The highest BCUT2D eigenvalue weighted by Gasteiger charge is 2.53. The van der Waals surface area contributed by atoms with Crippen molar-refractivity contribution in [2.75, 3.05) is 44.7 Å². The molecule has 3 aliphatic rings. The van der Waals surface area contributed by atoms with Crippen LogP contribution < -0.4 is 10.2 Å². The summed E-state index contributed by atoms with van der Waals surface area (Å²) in [5.74, 6) is -0.423. The molecule has 256 valence electrons. The zero-order chi connectivity index (χ0) is 33.9. The van der Waals surface area contributed by atoms with Crippen LogP contribution in [-0.2, 0) is 23.1 Å². The van der Waals surface area contributed by atoms with Crippen LogP contribution in [0, 0.1) is 34.9 Å². The van der Waals surface area contributed by atoms with Gasteiger partial charge in [-0.1, -0.05) is 12.1 Å². The average Bonchev–Trinajstić information content (AvgIpc) is 3.70. The van der Waals surface area contributed by atoms with Crippen molar-refractivity contribution in [1.29, 1.82) is 5.26 Å². The van der Waals surface area contributed by atoms with Gasteiger partial charge in [-0.3, -0.25) is 0 Å². The van der Waals surface area contributed by atoms with Gasteiger partial charge in [-0.2, -0.15) is 18.4 Å². The van der Waals surface area contributed by atoms with Crippen molar-refractivity contribution in [2.24, 2.45) is 17.8 Å². The van der Waals surface area contributed by atoms with Crippen LogP contribution >= 0.6 is 0 Å². The summed E-state index contributed by atoms with van der Waals surface area (Å²) in [4.78, 5) is 17.2. The number of hydrogen-bond donors (Lipinski definition) is 1. The second-order valence-electron chi connectivity index (χ2n) is 13.5. The molecule has 1 N–H and O–H groups in total. The van der Waals surface area contributed by atoms with Crippen molar-refractivity contribution < 1.29 is 27.1 Å². The molecule has 0 spiro atoms. The maximum absolute atomic E-state index is 15.0. The van der Waals surface area contributed by atoms with Crippen LogP contribution in [0.15, 0.2) is 54.9 Å². The molecule has 2 aliphatic heterocycles. The third kappa shape index (κ3) is 7.28. The van der Waals surface area contributed by atoms with E-state index in [2.05, 4.69) is 31.4 Å². The lowest BCUT2D eigenvalue weighted by Crippen LogP contribution is -2.55. The lowest BCUT2D eigenvalue weighted by Gasteiger charge is -2.51. The number of anilines is 1. The van der Waals surface area contributed by atoms with Crippen molar-refractivity contribution in [3.63, 3.8) is 0 Å². The predicted octanol–water partition coefficient (Wildman–Crippen LogP) is 5.70. The maximum atomic E-state index is 15.0. The standard InChI is InChI=1S/C35H41F4N7O2/c1-41-33(47)48-31-7-3-6-30(31)34(27-4-2-5-28(36)16-27,22-46-23-42-43-32(46)17-35(37,38)39)26-12-14-44(15-13-26)19-25-20-45(21-25)29-10-8-24(18-40)9-11-29/h2,4-5,8-11,16,23,25-26,30-31H,3,6-7,12-15,17,19-22H2,1H3,(H,41,47)/t30-,31-,34+/m0/s1. The Morgan fingerprint density at radius 3 is 2.50 bits per heavy atom. The molecule has 1 saturated carbocycles. The number of carbonyl (C=O) groups excluding carboxylic acids is 1. The number of carbonyl (C=O) groups is 1. The van der Waals surface area contributed by atoms with Crippen LogP contribution in [0.25, 0.3) is 0 Å². The molecule has 0 radical (unpaired) electrons. The molecule has 9 nitrogen and oxygen atoms in total. The highest BCUT2D eigenvalue weighted by atomic mass is 19.4. The number of aromatic nitrogens is 3. The summed E-state index contributed by atoms with van der Waals surface area (Å²) in [6, 6.07) is 16.2. The topological polar surface area (TPSA) is 99.3 Å². The Hall–Kier alpha value is -4.18. The number of piperidine rings is 1. The lowest BCUT2D eigenvalue weighted by molar-refractivity contribution is -0.129. The first kappa shape index (κ1) is 33.7. The second kappa shape index (κ2) is 14.1. The number of nitriles is 1. The van der Waals surface area contributed by atoms with E-state index in [4.69, 9.17) is 10.00 Å². The number of alkyl halides is 3. The molecule has 2 saturated heterocycles. The monoisotopic (exact) mass is 667 g/mol. The van der Waals surface area contributed by atoms with Gasteiger partial charge in [0.1, 0.15) is 30.5 Å². The first-order valence-corrected chi connectivity index (χ1v) is 16.6. The van der Waals surface area contributed by atoms with Crippen LogP contribution in [0.1, 0.15) is 49.1 Å². The van der Waals surface area contributed by atoms with E-state index < -0.39 is 36.0 Å². The molecule has 3 aromatic rings. The summed E-state index contributed by atoms with van der Waals surface area (Å²) >= 11 is 0. The molecule has 3 heterocycles. The van der Waals surface area contributed by atoms with Crippen LogP contribution in [0.4, 0.5) is 28.0 Å². The van der Waals surface area contributed by atoms with Gasteiger partial charge in [0.25, 0.3) is 0 Å². The number of halogens is 4. The van der Waals surface area contributed by atoms with Crippen molar-refractivity contribution in [3.05, 3.63) is 77.6 Å². The fourth-order valence-electron chi connectivity index (χ4n) is 8.37. The van der Waals surface area contributed by atoms with Gasteiger partial charge in [0.05, 0.1) is 11.6 Å². The minimum atomic E-state index is -4.48. The number of nitrogens with zero attached hydrogens (tertiary/aromatic N) is 6. The average molecular weight is 668 g/mol. The molecule has 1 aliphatic carbocycles. The first-order valence-electron chi connectivity index (χ1n) is 16.6. The molecule has 6 rings (SSSR count). The number of amides is 1. The van der Waals surface area contributed by atoms with E-state index >= 15 is 4.39 Å². The minimum absolute atomic E-state index is 0.0351. The van der Waals surface area contributed by atoms with Gasteiger partial charge in [-0.15, -0.1) is 10.2 Å². The summed E-state index contributed by atoms with van der Waals surface area (Å²) in [5.41, 5.74) is 1.59. The number of alkyl carbamates (subject to hydrolysis) is 1. The molecule has 3 atom stereocenters. The Morgan fingerprint density at radius 1 is 1.08 bits per heavy atom. The van der Waals surface area contributed by atoms with E-state index in [1.165, 1.54) is 30.1 Å². The maximum Gasteiger partial charge on any atom is 0.407 e.